The predicted molar refractivity (Wildman–Crippen MR) is 107 cm³/mol. The maximum absolute atomic E-state index is 11.9. The standard InChI is InChI=1S/C20H21Cl2NO5/c1-20(2,3)28-19(26)23-17(18(24)25)10-12-5-4-6-13(9-12)27-14-7-8-15(21)16(22)11-14/h4-9,11,17H,10H2,1-3H3,(H,23,26)(H,24,25). The zero-order valence-electron chi connectivity index (χ0n) is 15.7. The van der Waals surface area contributed by atoms with Crippen molar-refractivity contribution in [2.24, 2.45) is 0 Å². The van der Waals surface area contributed by atoms with Crippen LogP contribution < -0.4 is 10.1 Å². The Labute approximate surface area is 173 Å². The summed E-state index contributed by atoms with van der Waals surface area (Å²) in [5.74, 6) is -0.174. The first-order valence-electron chi connectivity index (χ1n) is 8.47. The molecule has 28 heavy (non-hydrogen) atoms. The Morgan fingerprint density at radius 3 is 2.36 bits per heavy atom. The van der Waals surface area contributed by atoms with Gasteiger partial charge in [0.2, 0.25) is 0 Å². The molecule has 2 aromatic carbocycles. The van der Waals surface area contributed by atoms with Crippen LogP contribution in [0.5, 0.6) is 11.5 Å². The quantitative estimate of drug-likeness (QED) is 0.654. The monoisotopic (exact) mass is 425 g/mol. The van der Waals surface area contributed by atoms with Gasteiger partial charge in [-0.15, -0.1) is 0 Å². The topological polar surface area (TPSA) is 84.9 Å². The third kappa shape index (κ3) is 6.94. The third-order valence-electron chi connectivity index (χ3n) is 3.45. The Bertz CT molecular complexity index is 864. The highest BCUT2D eigenvalue weighted by atomic mass is 35.5. The number of carbonyl (C=O) groups is 2. The molecule has 1 amide bonds. The van der Waals surface area contributed by atoms with Crippen LogP contribution in [0.4, 0.5) is 4.79 Å². The van der Waals surface area contributed by atoms with E-state index in [0.717, 1.165) is 0 Å². The Kier molecular flexibility index (Phi) is 7.16. The van der Waals surface area contributed by atoms with E-state index in [1.165, 1.54) is 0 Å². The van der Waals surface area contributed by atoms with E-state index in [1.807, 2.05) is 0 Å². The van der Waals surface area contributed by atoms with Crippen molar-refractivity contribution in [1.29, 1.82) is 0 Å². The molecule has 2 rings (SSSR count). The molecule has 1 unspecified atom stereocenters. The summed E-state index contributed by atoms with van der Waals surface area (Å²) in [5.41, 5.74) is -0.0539. The summed E-state index contributed by atoms with van der Waals surface area (Å²) in [5, 5.41) is 12.6. The van der Waals surface area contributed by atoms with Gasteiger partial charge in [0.1, 0.15) is 23.1 Å². The van der Waals surface area contributed by atoms with E-state index in [1.54, 1.807) is 63.2 Å². The van der Waals surface area contributed by atoms with Gasteiger partial charge in [0.15, 0.2) is 0 Å². The van der Waals surface area contributed by atoms with Crippen LogP contribution in [-0.2, 0) is 16.0 Å². The number of ether oxygens (including phenoxy) is 2. The molecule has 0 spiro atoms. The van der Waals surface area contributed by atoms with Gasteiger partial charge in [-0.25, -0.2) is 9.59 Å². The van der Waals surface area contributed by atoms with Gasteiger partial charge in [0.25, 0.3) is 0 Å². The molecule has 0 aliphatic rings. The highest BCUT2D eigenvalue weighted by molar-refractivity contribution is 6.42. The Hall–Kier alpha value is -2.44. The van der Waals surface area contributed by atoms with Crippen LogP contribution in [0.25, 0.3) is 0 Å². The van der Waals surface area contributed by atoms with Gasteiger partial charge in [-0.1, -0.05) is 35.3 Å². The fourth-order valence-electron chi connectivity index (χ4n) is 2.30. The van der Waals surface area contributed by atoms with Crippen LogP contribution in [0.1, 0.15) is 26.3 Å². The smallest absolute Gasteiger partial charge is 0.408 e. The van der Waals surface area contributed by atoms with E-state index >= 15 is 0 Å². The van der Waals surface area contributed by atoms with Crippen LogP contribution in [0, 0.1) is 0 Å². The van der Waals surface area contributed by atoms with Crippen molar-refractivity contribution < 1.29 is 24.2 Å². The van der Waals surface area contributed by atoms with Crippen molar-refractivity contribution in [3.8, 4) is 11.5 Å². The molecule has 0 saturated carbocycles. The summed E-state index contributed by atoms with van der Waals surface area (Å²) in [7, 11) is 0. The SMILES string of the molecule is CC(C)(C)OC(=O)NC(Cc1cccc(Oc2ccc(Cl)c(Cl)c2)c1)C(=O)O. The zero-order chi connectivity index (χ0) is 20.9. The lowest BCUT2D eigenvalue weighted by Gasteiger charge is -2.22. The number of halogens is 2. The lowest BCUT2D eigenvalue weighted by atomic mass is 10.1. The first-order valence-corrected chi connectivity index (χ1v) is 9.23. The molecule has 0 fully saturated rings. The number of benzene rings is 2. The maximum Gasteiger partial charge on any atom is 0.408 e. The van der Waals surface area contributed by atoms with Gasteiger partial charge >= 0.3 is 12.1 Å². The van der Waals surface area contributed by atoms with Crippen LogP contribution in [0.15, 0.2) is 42.5 Å². The van der Waals surface area contributed by atoms with Crippen molar-refractivity contribution in [2.45, 2.75) is 38.8 Å². The Balaban J connectivity index is 2.09. The summed E-state index contributed by atoms with van der Waals surface area (Å²) < 4.78 is 10.9. The van der Waals surface area contributed by atoms with Crippen LogP contribution >= 0.6 is 23.2 Å². The first kappa shape index (κ1) is 21.9. The van der Waals surface area contributed by atoms with Crippen LogP contribution in [0.3, 0.4) is 0 Å². The predicted octanol–water partition coefficient (Wildman–Crippen LogP) is 5.31. The van der Waals surface area contributed by atoms with Gasteiger partial charge in [0, 0.05) is 12.5 Å². The summed E-state index contributed by atoms with van der Waals surface area (Å²) in [6.45, 7) is 5.10. The fourth-order valence-corrected chi connectivity index (χ4v) is 2.59. The largest absolute Gasteiger partial charge is 0.480 e. The summed E-state index contributed by atoms with van der Waals surface area (Å²) in [4.78, 5) is 23.4. The number of amides is 1. The third-order valence-corrected chi connectivity index (χ3v) is 4.19. The maximum atomic E-state index is 11.9. The molecule has 0 aliphatic heterocycles. The molecule has 2 aromatic rings. The molecule has 2 N–H and O–H groups in total. The number of carboxylic acids is 1. The molecule has 0 aliphatic carbocycles. The molecule has 8 heteroatoms. The summed E-state index contributed by atoms with van der Waals surface area (Å²) in [6.07, 6.45) is -0.726. The molecule has 1 atom stereocenters. The van der Waals surface area contributed by atoms with E-state index in [-0.39, 0.29) is 6.42 Å². The van der Waals surface area contributed by atoms with Crippen molar-refractivity contribution in [3.63, 3.8) is 0 Å². The molecule has 0 bridgehead atoms. The molecular weight excluding hydrogens is 405 g/mol. The molecule has 0 radical (unpaired) electrons. The zero-order valence-corrected chi connectivity index (χ0v) is 17.2. The average Bonchev–Trinajstić information content (AvgIpc) is 2.56. The number of aliphatic carboxylic acids is 1. The van der Waals surface area contributed by atoms with Gasteiger partial charge in [0.05, 0.1) is 10.0 Å². The van der Waals surface area contributed by atoms with Crippen LogP contribution in [-0.4, -0.2) is 28.8 Å². The fraction of sp³-hybridized carbons (Fsp3) is 0.300. The minimum atomic E-state index is -1.17. The second-order valence-corrected chi connectivity index (χ2v) is 7.88. The van der Waals surface area contributed by atoms with E-state index in [9.17, 15) is 14.7 Å². The van der Waals surface area contributed by atoms with E-state index in [0.29, 0.717) is 27.1 Å². The summed E-state index contributed by atoms with van der Waals surface area (Å²) >= 11 is 11.9. The number of carbonyl (C=O) groups excluding carboxylic acids is 1. The molecule has 150 valence electrons. The van der Waals surface area contributed by atoms with Crippen molar-refractivity contribution >= 4 is 35.3 Å². The minimum Gasteiger partial charge on any atom is -0.480 e. The van der Waals surface area contributed by atoms with E-state index in [4.69, 9.17) is 32.7 Å². The lowest BCUT2D eigenvalue weighted by molar-refractivity contribution is -0.139. The molecular formula is C20H21Cl2NO5. The highest BCUT2D eigenvalue weighted by Crippen LogP contribution is 2.29. The first-order chi connectivity index (χ1) is 13.0. The van der Waals surface area contributed by atoms with E-state index < -0.39 is 23.7 Å². The molecule has 0 saturated heterocycles. The average molecular weight is 426 g/mol. The van der Waals surface area contributed by atoms with Gasteiger partial charge in [-0.2, -0.15) is 0 Å². The highest BCUT2D eigenvalue weighted by Gasteiger charge is 2.24. The summed E-state index contributed by atoms with van der Waals surface area (Å²) in [6, 6.07) is 10.6. The number of hydrogen-bond donors (Lipinski definition) is 2. The lowest BCUT2D eigenvalue weighted by Crippen LogP contribution is -2.44. The Morgan fingerprint density at radius 2 is 1.75 bits per heavy atom. The molecule has 0 aromatic heterocycles. The Morgan fingerprint density at radius 1 is 1.07 bits per heavy atom. The second-order valence-electron chi connectivity index (χ2n) is 7.07. The van der Waals surface area contributed by atoms with Crippen molar-refractivity contribution in [3.05, 3.63) is 58.1 Å². The van der Waals surface area contributed by atoms with Crippen molar-refractivity contribution in [1.82, 2.24) is 5.32 Å². The minimum absolute atomic E-state index is 0.0626. The number of rotatable bonds is 6. The number of nitrogens with one attached hydrogen (secondary N) is 1. The number of carboxylic acid groups (broad SMARTS) is 1. The van der Waals surface area contributed by atoms with E-state index in [2.05, 4.69) is 5.32 Å². The second kappa shape index (κ2) is 9.17. The van der Waals surface area contributed by atoms with Gasteiger partial charge < -0.3 is 19.9 Å². The normalized spacial score (nSPS) is 12.2. The van der Waals surface area contributed by atoms with Gasteiger partial charge in [-0.3, -0.25) is 0 Å². The number of hydrogen-bond acceptors (Lipinski definition) is 4. The molecule has 0 heterocycles. The molecule has 6 nitrogen and oxygen atoms in total. The van der Waals surface area contributed by atoms with Gasteiger partial charge in [-0.05, 0) is 50.6 Å². The van der Waals surface area contributed by atoms with Crippen LogP contribution in [0.2, 0.25) is 10.0 Å². The van der Waals surface area contributed by atoms with Crippen molar-refractivity contribution in [2.75, 3.05) is 0 Å². The number of alkyl carbamates (subject to hydrolysis) is 1.